The molecular weight excluding hydrogens is 316 g/mol. The zero-order valence-electron chi connectivity index (χ0n) is 15.4. The van der Waals surface area contributed by atoms with Crippen molar-refractivity contribution < 1.29 is 19.4 Å². The third-order valence-electron chi connectivity index (χ3n) is 4.17. The summed E-state index contributed by atoms with van der Waals surface area (Å²) in [5.41, 5.74) is 1.74. The largest absolute Gasteiger partial charge is 0.514 e. The molecule has 2 aromatic carbocycles. The molecular formula is C21H26O4. The van der Waals surface area contributed by atoms with Gasteiger partial charge < -0.3 is 14.6 Å². The number of benzene rings is 2. The Morgan fingerprint density at radius 3 is 1.76 bits per heavy atom. The lowest BCUT2D eigenvalue weighted by Gasteiger charge is -2.21. The molecule has 0 aliphatic rings. The SMILES string of the molecule is CC(c1ccc(O)cc1)C(C)c1ccc(OC(=O)OC(C)(C)C)cc1. The predicted octanol–water partition coefficient (Wildman–Crippen LogP) is 5.61. The van der Waals surface area contributed by atoms with Crippen LogP contribution in [0.4, 0.5) is 4.79 Å². The summed E-state index contributed by atoms with van der Waals surface area (Å²) in [6, 6.07) is 14.8. The number of carbonyl (C=O) groups is 1. The van der Waals surface area contributed by atoms with Crippen molar-refractivity contribution in [3.63, 3.8) is 0 Å². The molecule has 0 amide bonds. The Bertz CT molecular complexity index is 696. The Balaban J connectivity index is 2.03. The van der Waals surface area contributed by atoms with Gasteiger partial charge in [-0.05, 0) is 68.0 Å². The first-order valence-corrected chi connectivity index (χ1v) is 8.45. The molecule has 0 saturated carbocycles. The van der Waals surface area contributed by atoms with Crippen LogP contribution in [0.3, 0.4) is 0 Å². The normalized spacial score (nSPS) is 13.8. The van der Waals surface area contributed by atoms with Gasteiger partial charge in [0.05, 0.1) is 0 Å². The maximum atomic E-state index is 11.7. The molecule has 0 heterocycles. The van der Waals surface area contributed by atoms with Crippen LogP contribution in [0.5, 0.6) is 11.5 Å². The molecule has 0 aliphatic carbocycles. The number of carbonyl (C=O) groups excluding carboxylic acids is 1. The van der Waals surface area contributed by atoms with Crippen LogP contribution in [-0.2, 0) is 4.74 Å². The van der Waals surface area contributed by atoms with Gasteiger partial charge in [0.15, 0.2) is 0 Å². The van der Waals surface area contributed by atoms with Crippen molar-refractivity contribution in [3.05, 3.63) is 59.7 Å². The van der Waals surface area contributed by atoms with Gasteiger partial charge in [0.2, 0.25) is 0 Å². The first-order chi connectivity index (χ1) is 11.7. The van der Waals surface area contributed by atoms with Gasteiger partial charge >= 0.3 is 6.16 Å². The maximum absolute atomic E-state index is 11.7. The molecule has 0 aromatic heterocycles. The van der Waals surface area contributed by atoms with Crippen molar-refractivity contribution in [2.75, 3.05) is 0 Å². The molecule has 0 spiro atoms. The van der Waals surface area contributed by atoms with Crippen molar-refractivity contribution in [1.29, 1.82) is 0 Å². The van der Waals surface area contributed by atoms with Crippen LogP contribution in [0.2, 0.25) is 0 Å². The monoisotopic (exact) mass is 342 g/mol. The molecule has 2 unspecified atom stereocenters. The number of rotatable bonds is 4. The molecule has 0 bridgehead atoms. The number of aromatic hydroxyl groups is 1. The van der Waals surface area contributed by atoms with E-state index in [1.807, 2.05) is 24.3 Å². The first-order valence-electron chi connectivity index (χ1n) is 8.45. The minimum Gasteiger partial charge on any atom is -0.508 e. The first kappa shape index (κ1) is 18.8. The second-order valence-corrected chi connectivity index (χ2v) is 7.30. The van der Waals surface area contributed by atoms with Gasteiger partial charge in [-0.2, -0.15) is 0 Å². The standard InChI is InChI=1S/C21H26O4/c1-14(16-6-10-18(22)11-7-16)15(2)17-8-12-19(13-9-17)24-20(23)25-21(3,4)5/h6-15,22H,1-5H3. The summed E-state index contributed by atoms with van der Waals surface area (Å²) >= 11 is 0. The van der Waals surface area contributed by atoms with E-state index in [1.165, 1.54) is 5.56 Å². The second-order valence-electron chi connectivity index (χ2n) is 7.30. The van der Waals surface area contributed by atoms with Gasteiger partial charge in [-0.25, -0.2) is 4.79 Å². The fraction of sp³-hybridized carbons (Fsp3) is 0.381. The van der Waals surface area contributed by atoms with Crippen molar-refractivity contribution in [3.8, 4) is 11.5 Å². The summed E-state index contributed by atoms with van der Waals surface area (Å²) in [6.45, 7) is 9.70. The quantitative estimate of drug-likeness (QED) is 0.579. The summed E-state index contributed by atoms with van der Waals surface area (Å²) in [7, 11) is 0. The topological polar surface area (TPSA) is 55.8 Å². The number of hydrogen-bond acceptors (Lipinski definition) is 4. The molecule has 0 radical (unpaired) electrons. The van der Waals surface area contributed by atoms with Gasteiger partial charge in [-0.15, -0.1) is 0 Å². The van der Waals surface area contributed by atoms with Crippen molar-refractivity contribution >= 4 is 6.16 Å². The summed E-state index contributed by atoms with van der Waals surface area (Å²) in [5.74, 6) is 1.30. The zero-order valence-corrected chi connectivity index (χ0v) is 15.4. The average Bonchev–Trinajstić information content (AvgIpc) is 2.53. The molecule has 25 heavy (non-hydrogen) atoms. The lowest BCUT2D eigenvalue weighted by atomic mass is 9.84. The smallest absolute Gasteiger partial charge is 0.508 e. The van der Waals surface area contributed by atoms with Crippen LogP contribution in [0.1, 0.15) is 57.6 Å². The molecule has 0 saturated heterocycles. The minimum atomic E-state index is -0.703. The van der Waals surface area contributed by atoms with Crippen molar-refractivity contribution in [2.24, 2.45) is 0 Å². The maximum Gasteiger partial charge on any atom is 0.514 e. The average molecular weight is 342 g/mol. The van der Waals surface area contributed by atoms with Gasteiger partial charge in [-0.1, -0.05) is 38.1 Å². The van der Waals surface area contributed by atoms with Crippen LogP contribution in [-0.4, -0.2) is 16.9 Å². The summed E-state index contributed by atoms with van der Waals surface area (Å²) < 4.78 is 10.3. The third kappa shape index (κ3) is 5.52. The van der Waals surface area contributed by atoms with Crippen LogP contribution in [0.15, 0.2) is 48.5 Å². The molecule has 4 heteroatoms. The summed E-state index contributed by atoms with van der Waals surface area (Å²) in [5, 5.41) is 9.42. The van der Waals surface area contributed by atoms with E-state index < -0.39 is 11.8 Å². The molecule has 1 N–H and O–H groups in total. The Hall–Kier alpha value is -2.49. The van der Waals surface area contributed by atoms with Crippen LogP contribution >= 0.6 is 0 Å². The second kappa shape index (κ2) is 7.60. The molecule has 2 rings (SSSR count). The Kier molecular flexibility index (Phi) is 5.73. The highest BCUT2D eigenvalue weighted by Gasteiger charge is 2.19. The number of ether oxygens (including phenoxy) is 2. The molecule has 0 fully saturated rings. The van der Waals surface area contributed by atoms with E-state index in [0.717, 1.165) is 5.56 Å². The Morgan fingerprint density at radius 2 is 1.32 bits per heavy atom. The molecule has 4 nitrogen and oxygen atoms in total. The molecule has 134 valence electrons. The molecule has 0 aliphatic heterocycles. The van der Waals surface area contributed by atoms with E-state index >= 15 is 0 Å². The van der Waals surface area contributed by atoms with Crippen LogP contribution in [0.25, 0.3) is 0 Å². The van der Waals surface area contributed by atoms with E-state index in [9.17, 15) is 9.90 Å². The van der Waals surface area contributed by atoms with E-state index in [4.69, 9.17) is 9.47 Å². The van der Waals surface area contributed by atoms with Gasteiger partial charge in [0.1, 0.15) is 17.1 Å². The predicted molar refractivity (Wildman–Crippen MR) is 98.2 cm³/mol. The van der Waals surface area contributed by atoms with Gasteiger partial charge in [-0.3, -0.25) is 0 Å². The van der Waals surface area contributed by atoms with E-state index in [1.54, 1.807) is 45.0 Å². The van der Waals surface area contributed by atoms with Gasteiger partial charge in [0.25, 0.3) is 0 Å². The number of hydrogen-bond donors (Lipinski definition) is 1. The van der Waals surface area contributed by atoms with Crippen molar-refractivity contribution in [2.45, 2.75) is 52.1 Å². The highest BCUT2D eigenvalue weighted by Crippen LogP contribution is 2.33. The minimum absolute atomic E-state index is 0.271. The number of phenolic OH excluding ortho intramolecular Hbond substituents is 1. The lowest BCUT2D eigenvalue weighted by Crippen LogP contribution is -2.25. The molecule has 2 aromatic rings. The van der Waals surface area contributed by atoms with E-state index in [-0.39, 0.29) is 11.7 Å². The highest BCUT2D eigenvalue weighted by atomic mass is 16.7. The fourth-order valence-electron chi connectivity index (χ4n) is 2.56. The Morgan fingerprint density at radius 1 is 0.880 bits per heavy atom. The molecule has 2 atom stereocenters. The third-order valence-corrected chi connectivity index (χ3v) is 4.17. The van der Waals surface area contributed by atoms with Crippen molar-refractivity contribution in [1.82, 2.24) is 0 Å². The number of phenols is 1. The van der Waals surface area contributed by atoms with E-state index in [0.29, 0.717) is 11.7 Å². The zero-order chi connectivity index (χ0) is 18.6. The lowest BCUT2D eigenvalue weighted by molar-refractivity contribution is 0.0206. The van der Waals surface area contributed by atoms with Crippen LogP contribution < -0.4 is 4.74 Å². The van der Waals surface area contributed by atoms with Crippen LogP contribution in [0, 0.1) is 0 Å². The summed E-state index contributed by atoms with van der Waals surface area (Å²) in [4.78, 5) is 11.7. The highest BCUT2D eigenvalue weighted by molar-refractivity contribution is 5.64. The van der Waals surface area contributed by atoms with Gasteiger partial charge in [0, 0.05) is 0 Å². The fourth-order valence-corrected chi connectivity index (χ4v) is 2.56. The summed E-state index contributed by atoms with van der Waals surface area (Å²) in [6.07, 6.45) is -0.703. The van der Waals surface area contributed by atoms with E-state index in [2.05, 4.69) is 13.8 Å². The Labute approximate surface area is 149 Å².